The highest BCUT2D eigenvalue weighted by atomic mass is 35.5. The van der Waals surface area contributed by atoms with Crippen molar-refractivity contribution in [3.8, 4) is 0 Å². The maximum Gasteiger partial charge on any atom is 0.417 e. The number of rotatable bonds is 7. The first-order chi connectivity index (χ1) is 17.9. The Hall–Kier alpha value is -3.41. The quantitative estimate of drug-likeness (QED) is 0.389. The van der Waals surface area contributed by atoms with E-state index in [1.807, 2.05) is 0 Å². The van der Waals surface area contributed by atoms with E-state index >= 15 is 0 Å². The van der Waals surface area contributed by atoms with Gasteiger partial charge in [-0.1, -0.05) is 66.2 Å². The zero-order chi connectivity index (χ0) is 27.7. The minimum atomic E-state index is -4.70. The van der Waals surface area contributed by atoms with E-state index < -0.39 is 51.2 Å². The molecule has 0 saturated carbocycles. The smallest absolute Gasteiger partial charge is 0.417 e. The van der Waals surface area contributed by atoms with Crippen molar-refractivity contribution in [2.75, 3.05) is 6.61 Å². The molecule has 200 valence electrons. The Labute approximate surface area is 222 Å². The van der Waals surface area contributed by atoms with Crippen LogP contribution in [0.15, 0.2) is 83.8 Å². The number of cyclic esters (lactones) is 1. The number of alkyl halides is 4. The van der Waals surface area contributed by atoms with Crippen molar-refractivity contribution in [3.63, 3.8) is 0 Å². The number of benzene rings is 3. The van der Waals surface area contributed by atoms with Gasteiger partial charge < -0.3 is 4.74 Å². The Morgan fingerprint density at radius 1 is 1.05 bits per heavy atom. The number of imide groups is 1. The molecule has 1 aliphatic rings. The molecule has 0 unspecified atom stereocenters. The van der Waals surface area contributed by atoms with Crippen molar-refractivity contribution < 1.29 is 35.9 Å². The molecule has 7 nitrogen and oxygen atoms in total. The topological polar surface area (TPSA) is 92.8 Å². The second kappa shape index (κ2) is 10.8. The van der Waals surface area contributed by atoms with Crippen molar-refractivity contribution >= 4 is 33.6 Å². The van der Waals surface area contributed by atoms with Crippen molar-refractivity contribution in [1.82, 2.24) is 9.62 Å². The number of carbonyl (C=O) groups is 2. The van der Waals surface area contributed by atoms with E-state index in [4.69, 9.17) is 16.3 Å². The van der Waals surface area contributed by atoms with Gasteiger partial charge in [0.05, 0.1) is 15.8 Å². The van der Waals surface area contributed by atoms with Crippen LogP contribution in [0.2, 0.25) is 0 Å². The molecule has 0 aromatic heterocycles. The molecule has 3 atom stereocenters. The summed E-state index contributed by atoms with van der Waals surface area (Å²) in [6.45, 7) is 1.56. The van der Waals surface area contributed by atoms with Crippen LogP contribution in [0.25, 0.3) is 0 Å². The lowest BCUT2D eigenvalue weighted by atomic mass is 10.0. The fourth-order valence-electron chi connectivity index (χ4n) is 4.00. The summed E-state index contributed by atoms with van der Waals surface area (Å²) in [5, 5.41) is -1.62. The summed E-state index contributed by atoms with van der Waals surface area (Å²) in [4.78, 5) is 27.0. The van der Waals surface area contributed by atoms with Gasteiger partial charge in [0.1, 0.15) is 18.7 Å². The fraction of sp³-hybridized carbons (Fsp3) is 0.231. The molecule has 2 amide bonds. The number of amides is 2. The van der Waals surface area contributed by atoms with Crippen LogP contribution in [-0.4, -0.2) is 38.0 Å². The van der Waals surface area contributed by atoms with Crippen LogP contribution in [0.4, 0.5) is 18.0 Å². The van der Waals surface area contributed by atoms with Crippen LogP contribution < -0.4 is 4.72 Å². The highest BCUT2D eigenvalue weighted by Gasteiger charge is 2.45. The molecule has 1 N–H and O–H groups in total. The van der Waals surface area contributed by atoms with Gasteiger partial charge >= 0.3 is 12.3 Å². The summed E-state index contributed by atoms with van der Waals surface area (Å²) in [6.07, 6.45) is -5.73. The largest absolute Gasteiger partial charge is 0.446 e. The lowest BCUT2D eigenvalue weighted by Gasteiger charge is -2.28. The van der Waals surface area contributed by atoms with Gasteiger partial charge in [0.15, 0.2) is 0 Å². The fourth-order valence-corrected chi connectivity index (χ4v) is 5.59. The molecule has 3 aromatic carbocycles. The molecule has 38 heavy (non-hydrogen) atoms. The Bertz CT molecular complexity index is 1430. The van der Waals surface area contributed by atoms with Crippen LogP contribution in [0.1, 0.15) is 33.7 Å². The molecule has 0 spiro atoms. The maximum absolute atomic E-state index is 13.8. The summed E-state index contributed by atoms with van der Waals surface area (Å²) in [5.41, 5.74) is 0.115. The third-order valence-electron chi connectivity index (χ3n) is 6.00. The second-order valence-corrected chi connectivity index (χ2v) is 10.8. The SMILES string of the molecule is Cc1ccc(S(=O)(=O)N[C@@H](C(=O)N2C(=O)OC[C@@H]2c2ccccc2)[C@H](Cl)c2cccc(C(F)(F)F)c2)cc1. The molecule has 0 aliphatic carbocycles. The predicted octanol–water partition coefficient (Wildman–Crippen LogP) is 5.36. The number of ether oxygens (including phenoxy) is 1. The van der Waals surface area contributed by atoms with E-state index in [0.29, 0.717) is 5.56 Å². The third kappa shape index (κ3) is 5.85. The van der Waals surface area contributed by atoms with Gasteiger partial charge in [-0.05, 0) is 36.2 Å². The highest BCUT2D eigenvalue weighted by molar-refractivity contribution is 7.89. The maximum atomic E-state index is 13.8. The zero-order valence-corrected chi connectivity index (χ0v) is 21.4. The number of carbonyl (C=O) groups excluding carboxylic acids is 2. The number of nitrogens with zero attached hydrogens (tertiary/aromatic N) is 1. The molecular formula is C26H22ClF3N2O5S. The molecule has 0 radical (unpaired) electrons. The monoisotopic (exact) mass is 566 g/mol. The third-order valence-corrected chi connectivity index (χ3v) is 7.96. The van der Waals surface area contributed by atoms with Crippen LogP contribution in [0, 0.1) is 6.92 Å². The molecule has 0 bridgehead atoms. The number of hydrogen-bond donors (Lipinski definition) is 1. The van der Waals surface area contributed by atoms with E-state index in [1.165, 1.54) is 18.2 Å². The summed E-state index contributed by atoms with van der Waals surface area (Å²) < 4.78 is 73.8. The van der Waals surface area contributed by atoms with Gasteiger partial charge in [-0.15, -0.1) is 11.6 Å². The Balaban J connectivity index is 1.76. The molecular weight excluding hydrogens is 545 g/mol. The van der Waals surface area contributed by atoms with Gasteiger partial charge in [0.25, 0.3) is 5.91 Å². The molecule has 12 heteroatoms. The molecule has 1 fully saturated rings. The number of hydrogen-bond acceptors (Lipinski definition) is 5. The predicted molar refractivity (Wildman–Crippen MR) is 133 cm³/mol. The van der Waals surface area contributed by atoms with E-state index in [2.05, 4.69) is 4.72 Å². The van der Waals surface area contributed by atoms with E-state index in [9.17, 15) is 31.2 Å². The first-order valence-electron chi connectivity index (χ1n) is 11.3. The number of halogens is 4. The first-order valence-corrected chi connectivity index (χ1v) is 13.3. The normalized spacial score (nSPS) is 17.7. The van der Waals surface area contributed by atoms with Crippen LogP contribution in [0.5, 0.6) is 0 Å². The second-order valence-electron chi connectivity index (χ2n) is 8.65. The molecule has 4 rings (SSSR count). The molecule has 3 aromatic rings. The van der Waals surface area contributed by atoms with E-state index in [0.717, 1.165) is 28.7 Å². The highest BCUT2D eigenvalue weighted by Crippen LogP contribution is 2.36. The van der Waals surface area contributed by atoms with Crippen molar-refractivity contribution in [2.45, 2.75) is 35.5 Å². The summed E-state index contributed by atoms with van der Waals surface area (Å²) in [6, 6.07) is 15.3. The minimum Gasteiger partial charge on any atom is -0.446 e. The number of sulfonamides is 1. The lowest BCUT2D eigenvalue weighted by molar-refractivity contribution is -0.137. The van der Waals surface area contributed by atoms with Crippen LogP contribution in [0.3, 0.4) is 0 Å². The summed E-state index contributed by atoms with van der Waals surface area (Å²) in [5.74, 6) is -1.07. The average molecular weight is 567 g/mol. The Morgan fingerprint density at radius 2 is 1.71 bits per heavy atom. The number of nitrogens with one attached hydrogen (secondary N) is 1. The molecule has 1 saturated heterocycles. The van der Waals surface area contributed by atoms with E-state index in [-0.39, 0.29) is 17.1 Å². The van der Waals surface area contributed by atoms with Crippen LogP contribution >= 0.6 is 11.6 Å². The summed E-state index contributed by atoms with van der Waals surface area (Å²) >= 11 is 6.53. The van der Waals surface area contributed by atoms with Gasteiger partial charge in [0, 0.05) is 0 Å². The molecule has 1 heterocycles. The van der Waals surface area contributed by atoms with Crippen molar-refractivity contribution in [3.05, 3.63) is 101 Å². The molecule has 1 aliphatic heterocycles. The van der Waals surface area contributed by atoms with Crippen molar-refractivity contribution in [2.24, 2.45) is 0 Å². The zero-order valence-electron chi connectivity index (χ0n) is 19.9. The van der Waals surface area contributed by atoms with Gasteiger partial charge in [-0.25, -0.2) is 18.1 Å². The van der Waals surface area contributed by atoms with Crippen molar-refractivity contribution in [1.29, 1.82) is 0 Å². The van der Waals surface area contributed by atoms with Gasteiger partial charge in [-0.2, -0.15) is 17.9 Å². The summed E-state index contributed by atoms with van der Waals surface area (Å²) in [7, 11) is -4.40. The van der Waals surface area contributed by atoms with Gasteiger partial charge in [-0.3, -0.25) is 4.79 Å². The average Bonchev–Trinajstić information content (AvgIpc) is 3.28. The Kier molecular flexibility index (Phi) is 7.82. The first kappa shape index (κ1) is 27.6. The lowest BCUT2D eigenvalue weighted by Crippen LogP contribution is -2.51. The van der Waals surface area contributed by atoms with Crippen LogP contribution in [-0.2, 0) is 25.7 Å². The minimum absolute atomic E-state index is 0.171. The van der Waals surface area contributed by atoms with Gasteiger partial charge in [0.2, 0.25) is 10.0 Å². The van der Waals surface area contributed by atoms with E-state index in [1.54, 1.807) is 49.4 Å². The number of aryl methyl sites for hydroxylation is 1. The Morgan fingerprint density at radius 3 is 2.34 bits per heavy atom. The standard InChI is InChI=1S/C26H22ClF3N2O5S/c1-16-10-12-20(13-11-16)38(35,36)31-23(22(27)18-8-5-9-19(14-18)26(28,29)30)24(33)32-21(15-37-25(32)34)17-6-3-2-4-7-17/h2-14,21-23,31H,15H2,1H3/t21-,22-,23-/m1/s1.